The molecule has 7 heteroatoms. The maximum Gasteiger partial charge on any atom is 0.336 e. The molecule has 26 heavy (non-hydrogen) atoms. The first-order valence-electron chi connectivity index (χ1n) is 7.84. The van der Waals surface area contributed by atoms with E-state index in [0.717, 1.165) is 0 Å². The van der Waals surface area contributed by atoms with E-state index in [0.29, 0.717) is 5.56 Å². The predicted molar refractivity (Wildman–Crippen MR) is 93.5 cm³/mol. The highest BCUT2D eigenvalue weighted by atomic mass is 16.4. The van der Waals surface area contributed by atoms with Gasteiger partial charge in [-0.3, -0.25) is 9.59 Å². The zero-order valence-corrected chi connectivity index (χ0v) is 13.8. The summed E-state index contributed by atoms with van der Waals surface area (Å²) < 4.78 is 0. The minimum absolute atomic E-state index is 0.0178. The zero-order chi connectivity index (χ0) is 18.9. The number of carbonyl (C=O) groups is 3. The maximum atomic E-state index is 12.4. The van der Waals surface area contributed by atoms with E-state index in [1.54, 1.807) is 36.4 Å². The number of benzene rings is 2. The summed E-state index contributed by atoms with van der Waals surface area (Å²) >= 11 is 0. The van der Waals surface area contributed by atoms with Gasteiger partial charge in [-0.05, 0) is 17.7 Å². The molecule has 1 atom stereocenters. The van der Waals surface area contributed by atoms with Crippen molar-refractivity contribution in [2.45, 2.75) is 5.92 Å². The van der Waals surface area contributed by atoms with Gasteiger partial charge in [0.1, 0.15) is 6.54 Å². The minimum Gasteiger partial charge on any atom is -0.478 e. The Hall–Kier alpha value is -3.66. The van der Waals surface area contributed by atoms with Gasteiger partial charge in [0, 0.05) is 6.54 Å². The number of amides is 2. The molecule has 0 bridgehead atoms. The third-order valence-corrected chi connectivity index (χ3v) is 3.73. The van der Waals surface area contributed by atoms with Crippen molar-refractivity contribution in [1.82, 2.24) is 10.6 Å². The highest BCUT2D eigenvalue weighted by molar-refractivity contribution is 6.04. The summed E-state index contributed by atoms with van der Waals surface area (Å²) in [5, 5.41) is 22.9. The van der Waals surface area contributed by atoms with E-state index in [4.69, 9.17) is 5.26 Å². The van der Waals surface area contributed by atoms with Gasteiger partial charge in [-0.2, -0.15) is 5.26 Å². The molecular weight excluding hydrogens is 334 g/mol. The van der Waals surface area contributed by atoms with Gasteiger partial charge in [0.05, 0.1) is 23.1 Å². The monoisotopic (exact) mass is 351 g/mol. The number of hydrogen-bond acceptors (Lipinski definition) is 4. The highest BCUT2D eigenvalue weighted by Gasteiger charge is 2.22. The third kappa shape index (κ3) is 4.68. The molecule has 0 radical (unpaired) electrons. The van der Waals surface area contributed by atoms with Crippen molar-refractivity contribution in [1.29, 1.82) is 5.26 Å². The van der Waals surface area contributed by atoms with Crippen LogP contribution in [-0.4, -0.2) is 36.0 Å². The fourth-order valence-electron chi connectivity index (χ4n) is 2.45. The van der Waals surface area contributed by atoms with E-state index in [1.165, 1.54) is 18.2 Å². The molecule has 0 spiro atoms. The lowest BCUT2D eigenvalue weighted by atomic mass is 9.97. The second-order valence-corrected chi connectivity index (χ2v) is 5.40. The van der Waals surface area contributed by atoms with Crippen molar-refractivity contribution >= 4 is 17.8 Å². The predicted octanol–water partition coefficient (Wildman–Crippen LogP) is 1.54. The number of hydrogen-bond donors (Lipinski definition) is 3. The molecule has 3 N–H and O–H groups in total. The van der Waals surface area contributed by atoms with Crippen molar-refractivity contribution < 1.29 is 19.5 Å². The topological polar surface area (TPSA) is 119 Å². The van der Waals surface area contributed by atoms with E-state index in [9.17, 15) is 19.5 Å². The normalized spacial score (nSPS) is 11.0. The third-order valence-electron chi connectivity index (χ3n) is 3.73. The molecule has 2 aromatic carbocycles. The molecule has 0 saturated carbocycles. The number of rotatable bonds is 7. The van der Waals surface area contributed by atoms with Crippen LogP contribution in [0.5, 0.6) is 0 Å². The van der Waals surface area contributed by atoms with Gasteiger partial charge in [-0.25, -0.2) is 4.79 Å². The molecular formula is C19H17N3O4. The number of carboxylic acids is 1. The second kappa shape index (κ2) is 8.99. The molecule has 0 aliphatic rings. The van der Waals surface area contributed by atoms with E-state index < -0.39 is 23.7 Å². The van der Waals surface area contributed by atoms with Gasteiger partial charge in [-0.15, -0.1) is 0 Å². The lowest BCUT2D eigenvalue weighted by molar-refractivity contribution is -0.122. The number of nitrogens with one attached hydrogen (secondary N) is 2. The first-order valence-corrected chi connectivity index (χ1v) is 7.84. The van der Waals surface area contributed by atoms with Gasteiger partial charge in [0.25, 0.3) is 5.91 Å². The Morgan fingerprint density at radius 2 is 1.58 bits per heavy atom. The zero-order valence-electron chi connectivity index (χ0n) is 13.8. The fourth-order valence-corrected chi connectivity index (χ4v) is 2.45. The van der Waals surface area contributed by atoms with Crippen LogP contribution in [0.4, 0.5) is 0 Å². The minimum atomic E-state index is -1.21. The van der Waals surface area contributed by atoms with E-state index >= 15 is 0 Å². The molecule has 0 heterocycles. The van der Waals surface area contributed by atoms with Crippen LogP contribution in [0.15, 0.2) is 54.6 Å². The van der Waals surface area contributed by atoms with Gasteiger partial charge in [-0.1, -0.05) is 42.5 Å². The summed E-state index contributed by atoms with van der Waals surface area (Å²) in [4.78, 5) is 35.9. The average Bonchev–Trinajstić information content (AvgIpc) is 2.67. The van der Waals surface area contributed by atoms with E-state index in [1.807, 2.05) is 6.07 Å². The average molecular weight is 351 g/mol. The summed E-state index contributed by atoms with van der Waals surface area (Å²) in [6.07, 6.45) is 0. The van der Waals surface area contributed by atoms with Crippen molar-refractivity contribution in [2.24, 2.45) is 0 Å². The number of nitriles is 1. The smallest absolute Gasteiger partial charge is 0.336 e. The summed E-state index contributed by atoms with van der Waals surface area (Å²) in [5.74, 6) is -2.89. The molecule has 0 aromatic heterocycles. The molecule has 2 aromatic rings. The number of carboxylic acid groups (broad SMARTS) is 1. The molecule has 2 rings (SSSR count). The quantitative estimate of drug-likeness (QED) is 0.654. The molecule has 0 aliphatic heterocycles. The summed E-state index contributed by atoms with van der Waals surface area (Å²) in [5.41, 5.74) is 0.578. The summed E-state index contributed by atoms with van der Waals surface area (Å²) in [7, 11) is 0. The van der Waals surface area contributed by atoms with Gasteiger partial charge >= 0.3 is 5.97 Å². The van der Waals surface area contributed by atoms with Crippen LogP contribution in [0, 0.1) is 11.3 Å². The second-order valence-electron chi connectivity index (χ2n) is 5.40. The van der Waals surface area contributed by atoms with E-state index in [-0.39, 0.29) is 24.2 Å². The van der Waals surface area contributed by atoms with Crippen LogP contribution in [-0.2, 0) is 4.79 Å². The van der Waals surface area contributed by atoms with Crippen molar-refractivity contribution in [3.05, 3.63) is 71.3 Å². The molecule has 7 nitrogen and oxygen atoms in total. The molecule has 0 aliphatic carbocycles. The maximum absolute atomic E-state index is 12.4. The Balaban J connectivity index is 2.17. The number of nitrogens with zero attached hydrogens (tertiary/aromatic N) is 1. The Labute approximate surface area is 150 Å². The first kappa shape index (κ1) is 18.7. The van der Waals surface area contributed by atoms with Crippen LogP contribution >= 0.6 is 0 Å². The Kier molecular flexibility index (Phi) is 6.46. The van der Waals surface area contributed by atoms with Crippen LogP contribution in [0.25, 0.3) is 0 Å². The Bertz CT molecular complexity index is 843. The molecule has 0 saturated heterocycles. The highest BCUT2D eigenvalue weighted by Crippen LogP contribution is 2.16. The number of aromatic carboxylic acids is 1. The summed E-state index contributed by atoms with van der Waals surface area (Å²) in [6.45, 7) is -0.175. The Morgan fingerprint density at radius 3 is 2.19 bits per heavy atom. The fraction of sp³-hybridized carbons (Fsp3) is 0.158. The lowest BCUT2D eigenvalue weighted by Gasteiger charge is -2.17. The molecule has 2 amide bonds. The van der Waals surface area contributed by atoms with Crippen molar-refractivity contribution in [3.8, 4) is 6.07 Å². The van der Waals surface area contributed by atoms with Gasteiger partial charge in [0.15, 0.2) is 0 Å². The van der Waals surface area contributed by atoms with E-state index in [2.05, 4.69) is 10.6 Å². The SMILES string of the molecule is N#CCNC(=O)C(CNC(=O)c1ccccc1C(=O)O)c1ccccc1. The van der Waals surface area contributed by atoms with Crippen LogP contribution in [0.2, 0.25) is 0 Å². The first-order chi connectivity index (χ1) is 12.5. The van der Waals surface area contributed by atoms with Gasteiger partial charge in [0.2, 0.25) is 5.91 Å². The number of carbonyl (C=O) groups excluding carboxylic acids is 2. The largest absolute Gasteiger partial charge is 0.478 e. The molecule has 0 fully saturated rings. The van der Waals surface area contributed by atoms with Gasteiger partial charge < -0.3 is 15.7 Å². The van der Waals surface area contributed by atoms with Crippen molar-refractivity contribution in [2.75, 3.05) is 13.1 Å². The van der Waals surface area contributed by atoms with Crippen LogP contribution in [0.1, 0.15) is 32.2 Å². The van der Waals surface area contributed by atoms with Crippen LogP contribution < -0.4 is 10.6 Å². The standard InChI is InChI=1S/C19H17N3O4/c20-10-11-21-18(24)16(13-6-2-1-3-7-13)12-22-17(23)14-8-4-5-9-15(14)19(25)26/h1-9,16H,11-12H2,(H,21,24)(H,22,23)(H,25,26). The Morgan fingerprint density at radius 1 is 0.962 bits per heavy atom. The van der Waals surface area contributed by atoms with Crippen molar-refractivity contribution in [3.63, 3.8) is 0 Å². The summed E-state index contributed by atoms with van der Waals surface area (Å²) in [6, 6.07) is 16.5. The van der Waals surface area contributed by atoms with Crippen LogP contribution in [0.3, 0.4) is 0 Å². The molecule has 132 valence electrons. The lowest BCUT2D eigenvalue weighted by Crippen LogP contribution is -2.38. The molecule has 1 unspecified atom stereocenters.